The Morgan fingerprint density at radius 3 is 2.74 bits per heavy atom. The Bertz CT molecular complexity index is 435. The molecular weight excluding hydrogens is 282 g/mol. The van der Waals surface area contributed by atoms with Gasteiger partial charge in [0.05, 0.1) is 0 Å². The maximum atomic E-state index is 12.1. The van der Waals surface area contributed by atoms with Gasteiger partial charge >= 0.3 is 5.97 Å². The fourth-order valence-corrected chi connectivity index (χ4v) is 2.74. The molecule has 0 bridgehead atoms. The Labute approximate surface area is 124 Å². The first-order valence-corrected chi connectivity index (χ1v) is 7.36. The van der Waals surface area contributed by atoms with Crippen molar-refractivity contribution in [2.45, 2.75) is 49.1 Å². The Morgan fingerprint density at radius 2 is 2.11 bits per heavy atom. The highest BCUT2D eigenvalue weighted by atomic mass is 35.5. The van der Waals surface area contributed by atoms with E-state index in [9.17, 15) is 4.79 Å². The highest BCUT2D eigenvalue weighted by Gasteiger charge is 2.25. The first-order chi connectivity index (χ1) is 9.20. The highest BCUT2D eigenvalue weighted by molar-refractivity contribution is 7.80. The molecule has 0 radical (unpaired) electrons. The van der Waals surface area contributed by atoms with E-state index in [2.05, 4.69) is 17.5 Å². The van der Waals surface area contributed by atoms with Crippen molar-refractivity contribution in [1.29, 1.82) is 0 Å². The molecule has 5 heteroatoms. The van der Waals surface area contributed by atoms with Gasteiger partial charge in [-0.15, -0.1) is 12.6 Å². The average molecular weight is 300 g/mol. The van der Waals surface area contributed by atoms with Crippen molar-refractivity contribution in [3.63, 3.8) is 0 Å². The van der Waals surface area contributed by atoms with E-state index in [0.29, 0.717) is 6.42 Å². The number of halogens is 1. The van der Waals surface area contributed by atoms with E-state index in [1.165, 1.54) is 0 Å². The minimum atomic E-state index is -0.532. The number of carbonyl (C=O) groups excluding carboxylic acids is 1. The highest BCUT2D eigenvalue weighted by Crippen LogP contribution is 2.22. The first kappa shape index (κ1) is 14.7. The van der Waals surface area contributed by atoms with Crippen molar-refractivity contribution in [2.75, 3.05) is 0 Å². The van der Waals surface area contributed by atoms with Gasteiger partial charge in [0.15, 0.2) is 0 Å². The Hall–Kier alpha value is -0.710. The molecule has 1 atom stereocenters. The zero-order valence-corrected chi connectivity index (χ0v) is 12.3. The SMILES string of the molecule is O=C(OC1CCCC1)[C@H](Cc1ccccc1S)NCl. The lowest BCUT2D eigenvalue weighted by Gasteiger charge is -2.18. The van der Waals surface area contributed by atoms with Crippen LogP contribution in [0.5, 0.6) is 0 Å². The summed E-state index contributed by atoms with van der Waals surface area (Å²) >= 11 is 10.0. The molecule has 0 saturated heterocycles. The second-order valence-electron chi connectivity index (χ2n) is 4.84. The number of hydrogen-bond donors (Lipinski definition) is 2. The van der Waals surface area contributed by atoms with Gasteiger partial charge in [-0.3, -0.25) is 4.79 Å². The number of hydrogen-bond acceptors (Lipinski definition) is 4. The summed E-state index contributed by atoms with van der Waals surface area (Å²) in [4.78, 5) is 15.4. The standard InChI is InChI=1S/C14H18ClNO2S/c15-16-12(9-10-5-1-4-8-13(10)19)14(17)18-11-6-2-3-7-11/h1,4-5,8,11-12,16,19H,2-3,6-7,9H2/t12-/m0/s1. The molecule has 0 unspecified atom stereocenters. The molecule has 0 aliphatic heterocycles. The van der Waals surface area contributed by atoms with Crippen molar-refractivity contribution in [3.05, 3.63) is 29.8 Å². The van der Waals surface area contributed by atoms with Gasteiger partial charge in [-0.1, -0.05) is 18.2 Å². The molecule has 1 N–H and O–H groups in total. The molecule has 1 fully saturated rings. The largest absolute Gasteiger partial charge is 0.461 e. The van der Waals surface area contributed by atoms with E-state index in [0.717, 1.165) is 36.1 Å². The molecule has 2 rings (SSSR count). The number of ether oxygens (including phenoxy) is 1. The van der Waals surface area contributed by atoms with Crippen LogP contribution in [0.2, 0.25) is 0 Å². The van der Waals surface area contributed by atoms with Gasteiger partial charge in [-0.25, -0.2) is 4.84 Å². The summed E-state index contributed by atoms with van der Waals surface area (Å²) < 4.78 is 5.47. The van der Waals surface area contributed by atoms with Crippen LogP contribution in [0.3, 0.4) is 0 Å². The van der Waals surface area contributed by atoms with E-state index in [1.807, 2.05) is 24.3 Å². The van der Waals surface area contributed by atoms with E-state index in [1.54, 1.807) is 0 Å². The minimum absolute atomic E-state index is 0.0614. The van der Waals surface area contributed by atoms with Gasteiger partial charge in [-0.05, 0) is 49.1 Å². The van der Waals surface area contributed by atoms with Crippen LogP contribution in [0, 0.1) is 0 Å². The minimum Gasteiger partial charge on any atom is -0.461 e. The summed E-state index contributed by atoms with van der Waals surface area (Å²) in [6.07, 6.45) is 4.74. The van der Waals surface area contributed by atoms with Gasteiger partial charge in [0, 0.05) is 11.3 Å². The van der Waals surface area contributed by atoms with Gasteiger partial charge in [0.2, 0.25) is 0 Å². The number of nitrogens with one attached hydrogen (secondary N) is 1. The molecule has 3 nitrogen and oxygen atoms in total. The number of thiol groups is 1. The Balaban J connectivity index is 1.95. The van der Waals surface area contributed by atoms with Crippen LogP contribution in [0.25, 0.3) is 0 Å². The molecule has 1 aliphatic rings. The lowest BCUT2D eigenvalue weighted by atomic mass is 10.1. The number of esters is 1. The predicted octanol–water partition coefficient (Wildman–Crippen LogP) is 3.12. The molecule has 1 saturated carbocycles. The van der Waals surface area contributed by atoms with Crippen molar-refractivity contribution in [2.24, 2.45) is 0 Å². The van der Waals surface area contributed by atoms with Crippen LogP contribution in [-0.2, 0) is 16.0 Å². The molecule has 1 aromatic rings. The molecule has 1 aliphatic carbocycles. The molecular formula is C14H18ClNO2S. The molecule has 0 spiro atoms. The van der Waals surface area contributed by atoms with Gasteiger partial charge in [0.25, 0.3) is 0 Å². The fourth-order valence-electron chi connectivity index (χ4n) is 2.32. The third kappa shape index (κ3) is 4.13. The summed E-state index contributed by atoms with van der Waals surface area (Å²) in [5.41, 5.74) is 0.979. The zero-order chi connectivity index (χ0) is 13.7. The first-order valence-electron chi connectivity index (χ1n) is 6.54. The molecule has 1 aromatic carbocycles. The van der Waals surface area contributed by atoms with E-state index in [4.69, 9.17) is 16.5 Å². The second-order valence-corrected chi connectivity index (χ2v) is 5.54. The maximum Gasteiger partial charge on any atom is 0.325 e. The quantitative estimate of drug-likeness (QED) is 0.498. The van der Waals surface area contributed by atoms with Crippen molar-refractivity contribution >= 4 is 30.4 Å². The number of rotatable bonds is 5. The molecule has 0 heterocycles. The lowest BCUT2D eigenvalue weighted by molar-refractivity contribution is -0.150. The van der Waals surface area contributed by atoms with Crippen LogP contribution >= 0.6 is 24.4 Å². The van der Waals surface area contributed by atoms with Crippen molar-refractivity contribution in [1.82, 2.24) is 4.84 Å². The molecule has 104 valence electrons. The monoisotopic (exact) mass is 299 g/mol. The van der Waals surface area contributed by atoms with E-state index >= 15 is 0 Å². The third-order valence-corrected chi connectivity index (χ3v) is 4.12. The summed E-state index contributed by atoms with van der Waals surface area (Å²) in [5.74, 6) is -0.279. The van der Waals surface area contributed by atoms with Crippen molar-refractivity contribution in [3.8, 4) is 0 Å². The number of carbonyl (C=O) groups is 1. The van der Waals surface area contributed by atoms with Crippen LogP contribution in [0.1, 0.15) is 31.2 Å². The van der Waals surface area contributed by atoms with E-state index < -0.39 is 6.04 Å². The van der Waals surface area contributed by atoms with Crippen LogP contribution in [0.4, 0.5) is 0 Å². The second kappa shape index (κ2) is 7.17. The van der Waals surface area contributed by atoms with E-state index in [-0.39, 0.29) is 12.1 Å². The molecule has 0 amide bonds. The number of benzene rings is 1. The predicted molar refractivity (Wildman–Crippen MR) is 78.5 cm³/mol. The normalized spacial score (nSPS) is 17.4. The van der Waals surface area contributed by atoms with Gasteiger partial charge in [-0.2, -0.15) is 0 Å². The van der Waals surface area contributed by atoms with Crippen LogP contribution in [-0.4, -0.2) is 18.1 Å². The summed E-state index contributed by atoms with van der Waals surface area (Å²) in [7, 11) is 0. The summed E-state index contributed by atoms with van der Waals surface area (Å²) in [5, 5.41) is 0. The summed E-state index contributed by atoms with van der Waals surface area (Å²) in [6, 6.07) is 7.13. The average Bonchev–Trinajstić information content (AvgIpc) is 2.90. The zero-order valence-electron chi connectivity index (χ0n) is 10.6. The molecule has 19 heavy (non-hydrogen) atoms. The van der Waals surface area contributed by atoms with Crippen molar-refractivity contribution < 1.29 is 9.53 Å². The fraction of sp³-hybridized carbons (Fsp3) is 0.500. The maximum absolute atomic E-state index is 12.1. The topological polar surface area (TPSA) is 38.3 Å². The van der Waals surface area contributed by atoms with Gasteiger partial charge < -0.3 is 4.74 Å². The third-order valence-electron chi connectivity index (χ3n) is 3.42. The smallest absolute Gasteiger partial charge is 0.325 e. The Morgan fingerprint density at radius 1 is 1.42 bits per heavy atom. The summed E-state index contributed by atoms with van der Waals surface area (Å²) in [6.45, 7) is 0. The lowest BCUT2D eigenvalue weighted by Crippen LogP contribution is -2.36. The van der Waals surface area contributed by atoms with Crippen LogP contribution < -0.4 is 4.84 Å². The molecule has 0 aromatic heterocycles. The van der Waals surface area contributed by atoms with Gasteiger partial charge in [0.1, 0.15) is 12.1 Å². The Kier molecular flexibility index (Phi) is 5.55. The van der Waals surface area contributed by atoms with Crippen LogP contribution in [0.15, 0.2) is 29.2 Å².